The Hall–Kier alpha value is -2.70. The Labute approximate surface area is 136 Å². The predicted octanol–water partition coefficient (Wildman–Crippen LogP) is 4.15. The first-order valence-electron chi connectivity index (χ1n) is 7.83. The molecule has 0 aliphatic carbocycles. The second-order valence-electron chi connectivity index (χ2n) is 5.60. The van der Waals surface area contributed by atoms with E-state index in [1.165, 1.54) is 5.56 Å². The Balaban J connectivity index is 1.77. The molecule has 0 bridgehead atoms. The Bertz CT molecular complexity index is 806. The van der Waals surface area contributed by atoms with Gasteiger partial charge < -0.3 is 0 Å². The second-order valence-corrected chi connectivity index (χ2v) is 5.60. The summed E-state index contributed by atoms with van der Waals surface area (Å²) in [6, 6.07) is 24.9. The maximum Gasteiger partial charge on any atom is 0.0705 e. The molecule has 3 aromatic rings. The van der Waals surface area contributed by atoms with E-state index < -0.39 is 0 Å². The van der Waals surface area contributed by atoms with Crippen LogP contribution in [0.25, 0.3) is 10.9 Å². The normalized spacial score (nSPS) is 10.8. The number of nitrogens with zero attached hydrogens (tertiary/aromatic N) is 3. The fourth-order valence-electron chi connectivity index (χ4n) is 2.69. The highest BCUT2D eigenvalue weighted by molar-refractivity contribution is 5.78. The van der Waals surface area contributed by atoms with Crippen LogP contribution in [0.4, 0.5) is 0 Å². The fourth-order valence-corrected chi connectivity index (χ4v) is 2.69. The zero-order valence-electron chi connectivity index (χ0n) is 13.0. The third-order valence-corrected chi connectivity index (χ3v) is 3.83. The molecule has 1 heterocycles. The van der Waals surface area contributed by atoms with Crippen molar-refractivity contribution in [3.05, 3.63) is 78.0 Å². The van der Waals surface area contributed by atoms with Gasteiger partial charge in [-0.3, -0.25) is 9.88 Å². The van der Waals surface area contributed by atoms with E-state index in [0.29, 0.717) is 6.42 Å². The summed E-state index contributed by atoms with van der Waals surface area (Å²) >= 11 is 0. The number of rotatable bonds is 6. The third kappa shape index (κ3) is 4.15. The number of nitriles is 1. The van der Waals surface area contributed by atoms with Crippen LogP contribution in [-0.2, 0) is 13.1 Å². The summed E-state index contributed by atoms with van der Waals surface area (Å²) in [7, 11) is 0. The largest absolute Gasteiger partial charge is 0.292 e. The quantitative estimate of drug-likeness (QED) is 0.686. The molecule has 0 N–H and O–H groups in total. The number of fused-ring (bicyclic) bond motifs is 1. The number of hydrogen-bond donors (Lipinski definition) is 0. The minimum absolute atomic E-state index is 0.528. The highest BCUT2D eigenvalue weighted by Crippen LogP contribution is 2.14. The summed E-state index contributed by atoms with van der Waals surface area (Å²) in [6.07, 6.45) is 0.528. The van der Waals surface area contributed by atoms with Crippen LogP contribution in [0.2, 0.25) is 0 Å². The molecule has 1 aromatic heterocycles. The van der Waals surface area contributed by atoms with Gasteiger partial charge in [-0.05, 0) is 17.7 Å². The maximum atomic E-state index is 8.90. The Morgan fingerprint density at radius 1 is 0.870 bits per heavy atom. The summed E-state index contributed by atoms with van der Waals surface area (Å²) in [4.78, 5) is 7.01. The molecule has 2 aromatic carbocycles. The minimum atomic E-state index is 0.528. The van der Waals surface area contributed by atoms with Crippen molar-refractivity contribution in [1.29, 1.82) is 5.26 Å². The van der Waals surface area contributed by atoms with Gasteiger partial charge in [0.2, 0.25) is 0 Å². The molecule has 3 heteroatoms. The fraction of sp³-hybridized carbons (Fsp3) is 0.200. The molecule has 23 heavy (non-hydrogen) atoms. The van der Waals surface area contributed by atoms with Gasteiger partial charge in [0, 0.05) is 31.4 Å². The third-order valence-electron chi connectivity index (χ3n) is 3.83. The highest BCUT2D eigenvalue weighted by Gasteiger charge is 2.08. The molecule has 3 rings (SSSR count). The van der Waals surface area contributed by atoms with Crippen molar-refractivity contribution >= 4 is 10.9 Å². The van der Waals surface area contributed by atoms with Crippen molar-refractivity contribution in [3.8, 4) is 6.07 Å². The second kappa shape index (κ2) is 7.53. The lowest BCUT2D eigenvalue weighted by atomic mass is 10.2. The Morgan fingerprint density at radius 3 is 2.48 bits per heavy atom. The summed E-state index contributed by atoms with van der Waals surface area (Å²) in [5.74, 6) is 0. The zero-order valence-corrected chi connectivity index (χ0v) is 13.0. The van der Waals surface area contributed by atoms with E-state index in [1.54, 1.807) is 0 Å². The van der Waals surface area contributed by atoms with Gasteiger partial charge in [0.1, 0.15) is 0 Å². The topological polar surface area (TPSA) is 39.9 Å². The van der Waals surface area contributed by atoms with Gasteiger partial charge in [0.15, 0.2) is 0 Å². The number of aromatic nitrogens is 1. The first-order chi connectivity index (χ1) is 11.3. The van der Waals surface area contributed by atoms with Gasteiger partial charge in [-0.2, -0.15) is 5.26 Å². The SMILES string of the molecule is N#CCCN(Cc1ccccc1)Cc1ccc2ccccc2n1. The molecule has 0 fully saturated rings. The van der Waals surface area contributed by atoms with Crippen LogP contribution >= 0.6 is 0 Å². The number of para-hydroxylation sites is 1. The van der Waals surface area contributed by atoms with Crippen LogP contribution in [0.15, 0.2) is 66.7 Å². The monoisotopic (exact) mass is 301 g/mol. The summed E-state index contributed by atoms with van der Waals surface area (Å²) in [5.41, 5.74) is 3.31. The van der Waals surface area contributed by atoms with E-state index in [2.05, 4.69) is 41.3 Å². The van der Waals surface area contributed by atoms with E-state index >= 15 is 0 Å². The van der Waals surface area contributed by atoms with Crippen LogP contribution in [0.1, 0.15) is 17.7 Å². The lowest BCUT2D eigenvalue weighted by Crippen LogP contribution is -2.24. The molecule has 0 saturated heterocycles. The van der Waals surface area contributed by atoms with Gasteiger partial charge in [-0.1, -0.05) is 54.6 Å². The van der Waals surface area contributed by atoms with Gasteiger partial charge in [0.25, 0.3) is 0 Å². The first kappa shape index (κ1) is 15.2. The number of benzene rings is 2. The van der Waals surface area contributed by atoms with Gasteiger partial charge in [-0.15, -0.1) is 0 Å². The van der Waals surface area contributed by atoms with Crippen molar-refractivity contribution in [2.24, 2.45) is 0 Å². The van der Waals surface area contributed by atoms with E-state index in [0.717, 1.165) is 36.2 Å². The van der Waals surface area contributed by atoms with E-state index in [4.69, 9.17) is 10.2 Å². The average Bonchev–Trinajstić information content (AvgIpc) is 2.60. The Morgan fingerprint density at radius 2 is 1.65 bits per heavy atom. The summed E-state index contributed by atoms with van der Waals surface area (Å²) in [5, 5.41) is 10.1. The molecule has 0 saturated carbocycles. The lowest BCUT2D eigenvalue weighted by Gasteiger charge is -2.21. The van der Waals surface area contributed by atoms with Crippen molar-refractivity contribution in [2.45, 2.75) is 19.5 Å². The maximum absolute atomic E-state index is 8.90. The van der Waals surface area contributed by atoms with E-state index in [9.17, 15) is 0 Å². The van der Waals surface area contributed by atoms with Crippen molar-refractivity contribution in [3.63, 3.8) is 0 Å². The van der Waals surface area contributed by atoms with Crippen molar-refractivity contribution < 1.29 is 0 Å². The molecular formula is C20H19N3. The Kier molecular flexibility index (Phi) is 4.98. The molecule has 0 amide bonds. The summed E-state index contributed by atoms with van der Waals surface area (Å²) < 4.78 is 0. The van der Waals surface area contributed by atoms with E-state index in [1.807, 2.05) is 36.4 Å². The summed E-state index contributed by atoms with van der Waals surface area (Å²) in [6.45, 7) is 2.33. The smallest absolute Gasteiger partial charge is 0.0705 e. The van der Waals surface area contributed by atoms with Gasteiger partial charge in [0.05, 0.1) is 17.3 Å². The van der Waals surface area contributed by atoms with Crippen LogP contribution in [-0.4, -0.2) is 16.4 Å². The van der Waals surface area contributed by atoms with Crippen LogP contribution < -0.4 is 0 Å². The predicted molar refractivity (Wildman–Crippen MR) is 92.5 cm³/mol. The minimum Gasteiger partial charge on any atom is -0.292 e. The molecule has 0 spiro atoms. The van der Waals surface area contributed by atoms with Crippen molar-refractivity contribution in [1.82, 2.24) is 9.88 Å². The van der Waals surface area contributed by atoms with Crippen LogP contribution in [0.3, 0.4) is 0 Å². The van der Waals surface area contributed by atoms with Gasteiger partial charge >= 0.3 is 0 Å². The highest BCUT2D eigenvalue weighted by atomic mass is 15.1. The van der Waals surface area contributed by atoms with Crippen molar-refractivity contribution in [2.75, 3.05) is 6.54 Å². The molecule has 0 unspecified atom stereocenters. The van der Waals surface area contributed by atoms with Crippen LogP contribution in [0.5, 0.6) is 0 Å². The molecule has 0 radical (unpaired) electrons. The molecule has 3 nitrogen and oxygen atoms in total. The number of pyridine rings is 1. The molecular weight excluding hydrogens is 282 g/mol. The average molecular weight is 301 g/mol. The number of hydrogen-bond acceptors (Lipinski definition) is 3. The first-order valence-corrected chi connectivity index (χ1v) is 7.83. The zero-order chi connectivity index (χ0) is 15.9. The molecule has 0 aliphatic rings. The standard InChI is InChI=1S/C20H19N3/c21-13-6-14-23(15-17-7-2-1-3-8-17)16-19-12-11-18-9-4-5-10-20(18)22-19/h1-5,7-12H,6,14-16H2. The molecule has 114 valence electrons. The van der Waals surface area contributed by atoms with Crippen LogP contribution in [0, 0.1) is 11.3 Å². The van der Waals surface area contributed by atoms with Gasteiger partial charge in [-0.25, -0.2) is 0 Å². The molecule has 0 atom stereocenters. The molecule has 0 aliphatic heterocycles. The van der Waals surface area contributed by atoms with E-state index in [-0.39, 0.29) is 0 Å². The lowest BCUT2D eigenvalue weighted by molar-refractivity contribution is 0.260.